The van der Waals surface area contributed by atoms with Crippen LogP contribution in [0.5, 0.6) is 5.75 Å². The summed E-state index contributed by atoms with van der Waals surface area (Å²) < 4.78 is 5.92. The summed E-state index contributed by atoms with van der Waals surface area (Å²) in [5, 5.41) is 0.706. The minimum Gasteiger partial charge on any atom is -0.480 e. The van der Waals surface area contributed by atoms with Crippen molar-refractivity contribution in [3.05, 3.63) is 64.7 Å². The lowest BCUT2D eigenvalue weighted by molar-refractivity contribution is -0.139. The van der Waals surface area contributed by atoms with Gasteiger partial charge < -0.3 is 9.64 Å². The highest BCUT2D eigenvalue weighted by molar-refractivity contribution is 6.30. The molecule has 1 aliphatic rings. The topological polar surface area (TPSA) is 46.6 Å². The first-order chi connectivity index (χ1) is 14.4. The second-order valence-electron chi connectivity index (χ2n) is 7.67. The molecule has 3 rings (SSSR count). The summed E-state index contributed by atoms with van der Waals surface area (Å²) in [6.45, 7) is 7.35. The highest BCUT2D eigenvalue weighted by atomic mass is 35.5. The molecule has 1 heterocycles. The van der Waals surface area contributed by atoms with Crippen molar-refractivity contribution in [2.75, 3.05) is 13.1 Å². The molecule has 1 fully saturated rings. The van der Waals surface area contributed by atoms with Gasteiger partial charge in [-0.15, -0.1) is 0 Å². The van der Waals surface area contributed by atoms with Gasteiger partial charge in [-0.25, -0.2) is 0 Å². The number of carbonyl (C=O) groups excluding carboxylic acids is 2. The number of Topliss-reactive ketones (excluding diaryl/α,β-unsaturated/α-hetero) is 1. The van der Waals surface area contributed by atoms with Crippen LogP contribution in [0.15, 0.2) is 48.5 Å². The average molecular weight is 430 g/mol. The van der Waals surface area contributed by atoms with Gasteiger partial charge in [0.05, 0.1) is 0 Å². The van der Waals surface area contributed by atoms with Crippen molar-refractivity contribution in [2.24, 2.45) is 0 Å². The Bertz CT molecular complexity index is 813. The van der Waals surface area contributed by atoms with E-state index in [0.29, 0.717) is 17.9 Å². The Balaban J connectivity index is 0.000000248. The molecule has 0 saturated carbocycles. The number of aryl methyl sites for hydroxylation is 1. The Morgan fingerprint density at radius 3 is 2.23 bits per heavy atom. The highest BCUT2D eigenvalue weighted by Gasteiger charge is 2.26. The normalized spacial score (nSPS) is 14.3. The number of halogens is 1. The van der Waals surface area contributed by atoms with Crippen LogP contribution in [0.25, 0.3) is 0 Å². The van der Waals surface area contributed by atoms with Crippen LogP contribution in [0.3, 0.4) is 0 Å². The van der Waals surface area contributed by atoms with Crippen molar-refractivity contribution >= 4 is 23.3 Å². The largest absolute Gasteiger partial charge is 0.480 e. The third-order valence-corrected chi connectivity index (χ3v) is 5.30. The summed E-state index contributed by atoms with van der Waals surface area (Å²) in [7, 11) is 0. The molecule has 0 N–H and O–H groups in total. The number of ketones is 1. The van der Waals surface area contributed by atoms with E-state index in [-0.39, 0.29) is 17.8 Å². The van der Waals surface area contributed by atoms with Gasteiger partial charge in [-0.1, -0.05) is 48.9 Å². The number of hydrogen-bond acceptors (Lipinski definition) is 3. The molecule has 4 nitrogen and oxygen atoms in total. The molecule has 5 heteroatoms. The zero-order chi connectivity index (χ0) is 21.9. The summed E-state index contributed by atoms with van der Waals surface area (Å²) in [4.78, 5) is 25.1. The van der Waals surface area contributed by atoms with Crippen LogP contribution < -0.4 is 4.74 Å². The number of amides is 1. The second-order valence-corrected chi connectivity index (χ2v) is 8.11. The van der Waals surface area contributed by atoms with E-state index in [2.05, 4.69) is 0 Å². The van der Waals surface area contributed by atoms with E-state index in [1.54, 1.807) is 19.1 Å². The molecule has 0 aromatic heterocycles. The number of carbonyl (C=O) groups is 2. The number of benzene rings is 2. The maximum Gasteiger partial charge on any atom is 0.263 e. The molecule has 0 radical (unpaired) electrons. The zero-order valence-corrected chi connectivity index (χ0v) is 19.0. The summed E-state index contributed by atoms with van der Waals surface area (Å²) in [6.07, 6.45) is 4.33. The van der Waals surface area contributed by atoms with E-state index in [1.165, 1.54) is 6.42 Å². The number of likely N-dealkylation sites (tertiary alicyclic amines) is 1. The number of ether oxygens (including phenoxy) is 1. The fourth-order valence-electron chi connectivity index (χ4n) is 3.36. The molecule has 1 aliphatic heterocycles. The van der Waals surface area contributed by atoms with Gasteiger partial charge in [0.2, 0.25) is 0 Å². The van der Waals surface area contributed by atoms with Gasteiger partial charge in [0.25, 0.3) is 5.91 Å². The van der Waals surface area contributed by atoms with Crippen molar-refractivity contribution in [3.63, 3.8) is 0 Å². The quantitative estimate of drug-likeness (QED) is 0.597. The molecule has 0 bridgehead atoms. The lowest BCUT2D eigenvalue weighted by Gasteiger charge is -2.30. The molecular formula is C25H32ClNO3. The van der Waals surface area contributed by atoms with Crippen molar-refractivity contribution in [2.45, 2.75) is 59.0 Å². The van der Waals surface area contributed by atoms with Gasteiger partial charge in [0, 0.05) is 24.5 Å². The third-order valence-electron chi connectivity index (χ3n) is 5.04. The maximum atomic E-state index is 12.4. The van der Waals surface area contributed by atoms with Gasteiger partial charge in [-0.05, 0) is 68.9 Å². The van der Waals surface area contributed by atoms with Gasteiger partial charge in [-0.2, -0.15) is 0 Å². The molecule has 1 unspecified atom stereocenters. The summed E-state index contributed by atoms with van der Waals surface area (Å²) in [5.41, 5.74) is 2.09. The molecule has 1 atom stereocenters. The monoisotopic (exact) mass is 429 g/mol. The van der Waals surface area contributed by atoms with Crippen LogP contribution >= 0.6 is 11.6 Å². The van der Waals surface area contributed by atoms with Crippen molar-refractivity contribution in [1.29, 1.82) is 0 Å². The fourth-order valence-corrected chi connectivity index (χ4v) is 3.48. The lowest BCUT2D eigenvalue weighted by atomic mass is 10.1. The number of para-hydroxylation sites is 1. The average Bonchev–Trinajstić information content (AvgIpc) is 2.75. The summed E-state index contributed by atoms with van der Waals surface area (Å²) in [6, 6.07) is 15.2. The Labute approximate surface area is 185 Å². The zero-order valence-electron chi connectivity index (χ0n) is 18.2. The first-order valence-corrected chi connectivity index (χ1v) is 11.0. The smallest absolute Gasteiger partial charge is 0.263 e. The molecule has 2 aromatic carbocycles. The van der Waals surface area contributed by atoms with Crippen LogP contribution in [0, 0.1) is 6.92 Å². The maximum absolute atomic E-state index is 12.4. The van der Waals surface area contributed by atoms with E-state index in [1.807, 2.05) is 55.1 Å². The number of piperidine rings is 1. The standard InChI is InChI=1S/C16H23NO2.C9H9ClO/c1-3-14(16(18)17-11-7-4-8-12-17)19-15-10-6-5-9-13(15)2;1-7(11)6-8-2-4-9(10)5-3-8/h5-6,9-10,14H,3-4,7-8,11-12H2,1-2H3;2-5H,6H2,1H3. The fraction of sp³-hybridized carbons (Fsp3) is 0.440. The van der Waals surface area contributed by atoms with Crippen LogP contribution in [-0.2, 0) is 16.0 Å². The molecule has 2 aromatic rings. The third kappa shape index (κ3) is 7.83. The van der Waals surface area contributed by atoms with Gasteiger partial charge in [0.1, 0.15) is 11.5 Å². The Morgan fingerprint density at radius 2 is 1.67 bits per heavy atom. The minimum absolute atomic E-state index is 0.144. The number of hydrogen-bond donors (Lipinski definition) is 0. The summed E-state index contributed by atoms with van der Waals surface area (Å²) >= 11 is 5.66. The predicted molar refractivity (Wildman–Crippen MR) is 122 cm³/mol. The van der Waals surface area contributed by atoms with Crippen LogP contribution in [0.4, 0.5) is 0 Å². The van der Waals surface area contributed by atoms with Crippen molar-refractivity contribution in [3.8, 4) is 5.75 Å². The first kappa shape index (κ1) is 23.9. The SMILES string of the molecule is CC(=O)Cc1ccc(Cl)cc1.CCC(Oc1ccccc1C)C(=O)N1CCCCC1. The van der Waals surface area contributed by atoms with E-state index >= 15 is 0 Å². The van der Waals surface area contributed by atoms with Crippen molar-refractivity contribution in [1.82, 2.24) is 4.90 Å². The second kappa shape index (κ2) is 12.4. The first-order valence-electron chi connectivity index (χ1n) is 10.7. The van der Waals surface area contributed by atoms with Gasteiger partial charge in [0.15, 0.2) is 6.10 Å². The molecular weight excluding hydrogens is 398 g/mol. The van der Waals surface area contributed by atoms with E-state index in [4.69, 9.17) is 16.3 Å². The van der Waals surface area contributed by atoms with E-state index in [9.17, 15) is 9.59 Å². The molecule has 162 valence electrons. The van der Waals surface area contributed by atoms with Gasteiger partial charge >= 0.3 is 0 Å². The number of rotatable bonds is 6. The highest BCUT2D eigenvalue weighted by Crippen LogP contribution is 2.20. The molecule has 1 saturated heterocycles. The minimum atomic E-state index is -0.348. The molecule has 0 aliphatic carbocycles. The van der Waals surface area contributed by atoms with Crippen molar-refractivity contribution < 1.29 is 14.3 Å². The Kier molecular flexibility index (Phi) is 9.88. The Hall–Kier alpha value is -2.33. The Morgan fingerprint density at radius 1 is 1.03 bits per heavy atom. The van der Waals surface area contributed by atoms with Crippen LogP contribution in [-0.4, -0.2) is 35.8 Å². The van der Waals surface area contributed by atoms with E-state index < -0.39 is 0 Å². The van der Waals surface area contributed by atoms with Gasteiger partial charge in [-0.3, -0.25) is 9.59 Å². The lowest BCUT2D eigenvalue weighted by Crippen LogP contribution is -2.44. The number of nitrogens with zero attached hydrogens (tertiary/aromatic N) is 1. The van der Waals surface area contributed by atoms with Crippen LogP contribution in [0.1, 0.15) is 50.7 Å². The molecule has 0 spiro atoms. The molecule has 30 heavy (non-hydrogen) atoms. The molecule has 1 amide bonds. The van der Waals surface area contributed by atoms with E-state index in [0.717, 1.165) is 42.8 Å². The summed E-state index contributed by atoms with van der Waals surface area (Å²) in [5.74, 6) is 1.14. The van der Waals surface area contributed by atoms with Crippen LogP contribution in [0.2, 0.25) is 5.02 Å². The predicted octanol–water partition coefficient (Wildman–Crippen LogP) is 5.64.